The first-order chi connectivity index (χ1) is 11.6. The number of nitrogens with one attached hydrogen (secondary N) is 1. The summed E-state index contributed by atoms with van der Waals surface area (Å²) in [7, 11) is 2.87. The van der Waals surface area contributed by atoms with Crippen LogP contribution in [0.1, 0.15) is 44.0 Å². The van der Waals surface area contributed by atoms with Crippen LogP contribution in [0.5, 0.6) is 5.88 Å². The van der Waals surface area contributed by atoms with Gasteiger partial charge >= 0.3 is 5.97 Å². The van der Waals surface area contributed by atoms with Gasteiger partial charge in [-0.3, -0.25) is 4.79 Å². The quantitative estimate of drug-likeness (QED) is 0.861. The number of ether oxygens (including phenoxy) is 2. The molecule has 0 bridgehead atoms. The molecule has 2 heterocycles. The number of aromatic nitrogens is 1. The zero-order valence-electron chi connectivity index (χ0n) is 13.5. The minimum absolute atomic E-state index is 0.311. The van der Waals surface area contributed by atoms with E-state index in [2.05, 4.69) is 10.3 Å². The van der Waals surface area contributed by atoms with Crippen LogP contribution in [0.15, 0.2) is 18.3 Å². The zero-order chi connectivity index (χ0) is 17.1. The zero-order valence-corrected chi connectivity index (χ0v) is 14.4. The number of anilines is 1. The van der Waals surface area contributed by atoms with Crippen molar-refractivity contribution in [3.63, 3.8) is 0 Å². The second kappa shape index (κ2) is 7.00. The van der Waals surface area contributed by atoms with E-state index in [1.807, 2.05) is 0 Å². The molecule has 0 saturated carbocycles. The van der Waals surface area contributed by atoms with Crippen molar-refractivity contribution in [2.24, 2.45) is 0 Å². The third-order valence-electron chi connectivity index (χ3n) is 4.00. The van der Waals surface area contributed by atoms with Crippen LogP contribution >= 0.6 is 11.3 Å². The van der Waals surface area contributed by atoms with Crippen LogP contribution in [0.4, 0.5) is 5.00 Å². The Hall–Kier alpha value is -2.41. The molecule has 6 nitrogen and oxygen atoms in total. The monoisotopic (exact) mass is 346 g/mol. The Kier molecular flexibility index (Phi) is 4.80. The Morgan fingerprint density at radius 2 is 2.00 bits per heavy atom. The molecule has 1 amide bonds. The smallest absolute Gasteiger partial charge is 0.341 e. The molecule has 0 saturated heterocycles. The maximum absolute atomic E-state index is 12.5. The van der Waals surface area contributed by atoms with Crippen LogP contribution in [-0.4, -0.2) is 31.1 Å². The van der Waals surface area contributed by atoms with Crippen molar-refractivity contribution in [2.75, 3.05) is 19.5 Å². The SMILES string of the molecule is COC(=O)c1c(NC(=O)c2ccc(OC)nc2)sc2c1CCCC2. The number of carbonyl (C=O) groups is 2. The highest BCUT2D eigenvalue weighted by Gasteiger charge is 2.27. The third-order valence-corrected chi connectivity index (χ3v) is 5.20. The van der Waals surface area contributed by atoms with Crippen molar-refractivity contribution in [2.45, 2.75) is 25.7 Å². The van der Waals surface area contributed by atoms with Crippen LogP contribution in [0, 0.1) is 0 Å². The van der Waals surface area contributed by atoms with Crippen LogP contribution in [-0.2, 0) is 17.6 Å². The molecule has 0 unspecified atom stereocenters. The van der Waals surface area contributed by atoms with Crippen molar-refractivity contribution in [1.82, 2.24) is 4.98 Å². The molecule has 0 fully saturated rings. The van der Waals surface area contributed by atoms with Crippen molar-refractivity contribution in [3.8, 4) is 5.88 Å². The minimum atomic E-state index is -0.405. The highest BCUT2D eigenvalue weighted by atomic mass is 32.1. The van der Waals surface area contributed by atoms with Gasteiger partial charge in [0.15, 0.2) is 0 Å². The van der Waals surface area contributed by atoms with E-state index in [0.717, 1.165) is 36.1 Å². The van der Waals surface area contributed by atoms with Gasteiger partial charge in [0.2, 0.25) is 5.88 Å². The van der Waals surface area contributed by atoms with Crippen LogP contribution in [0.2, 0.25) is 0 Å². The van der Waals surface area contributed by atoms with Crippen molar-refractivity contribution in [3.05, 3.63) is 39.9 Å². The van der Waals surface area contributed by atoms with Crippen molar-refractivity contribution >= 4 is 28.2 Å². The van der Waals surface area contributed by atoms with E-state index in [1.54, 1.807) is 12.1 Å². The second-order valence-electron chi connectivity index (χ2n) is 5.45. The lowest BCUT2D eigenvalue weighted by Gasteiger charge is -2.11. The lowest BCUT2D eigenvalue weighted by atomic mass is 9.95. The molecule has 2 aromatic rings. The molecule has 24 heavy (non-hydrogen) atoms. The lowest BCUT2D eigenvalue weighted by molar-refractivity contribution is 0.0601. The normalized spacial score (nSPS) is 13.1. The Bertz CT molecular complexity index is 768. The van der Waals surface area contributed by atoms with Gasteiger partial charge in [0.25, 0.3) is 5.91 Å². The Morgan fingerprint density at radius 1 is 1.21 bits per heavy atom. The van der Waals surface area contributed by atoms with E-state index in [0.29, 0.717) is 22.0 Å². The Balaban J connectivity index is 1.89. The number of methoxy groups -OCH3 is 2. The average molecular weight is 346 g/mol. The van der Waals surface area contributed by atoms with Gasteiger partial charge in [0.1, 0.15) is 5.00 Å². The molecule has 2 aromatic heterocycles. The number of pyridine rings is 1. The molecule has 7 heteroatoms. The summed E-state index contributed by atoms with van der Waals surface area (Å²) in [6, 6.07) is 3.25. The second-order valence-corrected chi connectivity index (χ2v) is 6.56. The van der Waals surface area contributed by atoms with E-state index in [4.69, 9.17) is 9.47 Å². The van der Waals surface area contributed by atoms with Gasteiger partial charge in [-0.2, -0.15) is 0 Å². The number of carbonyl (C=O) groups excluding carboxylic acids is 2. The topological polar surface area (TPSA) is 77.5 Å². The van der Waals surface area contributed by atoms with Gasteiger partial charge in [-0.25, -0.2) is 9.78 Å². The molecule has 1 aliphatic rings. The predicted octanol–water partition coefficient (Wildman–Crippen LogP) is 3.07. The fourth-order valence-corrected chi connectivity index (χ4v) is 4.06. The number of hydrogen-bond donors (Lipinski definition) is 1. The summed E-state index contributed by atoms with van der Waals surface area (Å²) in [5.41, 5.74) is 1.91. The Morgan fingerprint density at radius 3 is 2.67 bits per heavy atom. The van der Waals surface area contributed by atoms with Gasteiger partial charge in [0.05, 0.1) is 25.3 Å². The maximum Gasteiger partial charge on any atom is 0.341 e. The number of nitrogens with zero attached hydrogens (tertiary/aromatic N) is 1. The molecule has 3 rings (SSSR count). The van der Waals surface area contributed by atoms with Crippen molar-refractivity contribution in [1.29, 1.82) is 0 Å². The number of hydrogen-bond acceptors (Lipinski definition) is 6. The first kappa shape index (κ1) is 16.4. The lowest BCUT2D eigenvalue weighted by Crippen LogP contribution is -2.15. The first-order valence-corrected chi connectivity index (χ1v) is 8.50. The summed E-state index contributed by atoms with van der Waals surface area (Å²) in [6.07, 6.45) is 5.37. The van der Waals surface area contributed by atoms with Gasteiger partial charge in [-0.1, -0.05) is 0 Å². The molecule has 0 radical (unpaired) electrons. The molecule has 0 aliphatic heterocycles. The van der Waals surface area contributed by atoms with E-state index in [9.17, 15) is 9.59 Å². The van der Waals surface area contributed by atoms with Crippen LogP contribution in [0.3, 0.4) is 0 Å². The number of esters is 1. The summed E-state index contributed by atoms with van der Waals surface area (Å²) in [5, 5.41) is 3.39. The molecular weight excluding hydrogens is 328 g/mol. The van der Waals surface area contributed by atoms with E-state index < -0.39 is 5.97 Å². The third kappa shape index (κ3) is 3.12. The van der Waals surface area contributed by atoms with Crippen molar-refractivity contribution < 1.29 is 19.1 Å². The summed E-state index contributed by atoms with van der Waals surface area (Å²) in [4.78, 5) is 29.8. The number of thiophene rings is 1. The summed E-state index contributed by atoms with van der Waals surface area (Å²) >= 11 is 1.46. The van der Waals surface area contributed by atoms with E-state index >= 15 is 0 Å². The minimum Gasteiger partial charge on any atom is -0.481 e. The number of aryl methyl sites for hydroxylation is 1. The average Bonchev–Trinajstić information content (AvgIpc) is 2.98. The van der Waals surface area contributed by atoms with Gasteiger partial charge in [0, 0.05) is 17.1 Å². The van der Waals surface area contributed by atoms with Crippen LogP contribution in [0.25, 0.3) is 0 Å². The molecule has 0 atom stereocenters. The fraction of sp³-hybridized carbons (Fsp3) is 0.353. The highest BCUT2D eigenvalue weighted by molar-refractivity contribution is 7.17. The molecule has 1 N–H and O–H groups in total. The molecular formula is C17H18N2O4S. The number of amides is 1. The summed E-state index contributed by atoms with van der Waals surface area (Å²) in [6.45, 7) is 0. The standard InChI is InChI=1S/C17H18N2O4S/c1-22-13-8-7-10(9-18-13)15(20)19-16-14(17(21)23-2)11-5-3-4-6-12(11)24-16/h7-9H,3-6H2,1-2H3,(H,19,20). The van der Waals surface area contributed by atoms with Crippen LogP contribution < -0.4 is 10.1 Å². The van der Waals surface area contributed by atoms with Gasteiger partial charge in [-0.15, -0.1) is 11.3 Å². The largest absolute Gasteiger partial charge is 0.481 e. The first-order valence-electron chi connectivity index (χ1n) is 7.68. The summed E-state index contributed by atoms with van der Waals surface area (Å²) < 4.78 is 9.89. The number of fused-ring (bicyclic) bond motifs is 1. The Labute approximate surface area is 143 Å². The molecule has 126 valence electrons. The fourth-order valence-electron chi connectivity index (χ4n) is 2.78. The van der Waals surface area contributed by atoms with Gasteiger partial charge in [-0.05, 0) is 37.3 Å². The van der Waals surface area contributed by atoms with E-state index in [-0.39, 0.29) is 5.91 Å². The number of rotatable bonds is 4. The predicted molar refractivity (Wildman–Crippen MR) is 91.0 cm³/mol. The molecule has 0 spiro atoms. The van der Waals surface area contributed by atoms with Gasteiger partial charge < -0.3 is 14.8 Å². The molecule has 1 aliphatic carbocycles. The molecule has 0 aromatic carbocycles. The van der Waals surface area contributed by atoms with E-state index in [1.165, 1.54) is 31.8 Å². The highest BCUT2D eigenvalue weighted by Crippen LogP contribution is 2.38. The maximum atomic E-state index is 12.5. The summed E-state index contributed by atoms with van der Waals surface area (Å²) in [5.74, 6) is -0.278.